The summed E-state index contributed by atoms with van der Waals surface area (Å²) in [6, 6.07) is 9.55. The third-order valence-corrected chi connectivity index (χ3v) is 4.86. The lowest BCUT2D eigenvalue weighted by Crippen LogP contribution is -2.32. The normalized spacial score (nSPS) is 15.1. The van der Waals surface area contributed by atoms with E-state index in [1.54, 1.807) is 0 Å². The summed E-state index contributed by atoms with van der Waals surface area (Å²) in [4.78, 5) is 16.9. The zero-order chi connectivity index (χ0) is 17.3. The molecule has 6 heteroatoms. The standard InChI is InChI=1S/C19H20N4O2/c1-14-20-9-10-23(14)13-19(7-8-19)12-21-18(24)16-11-22-25-17(16)15-5-3-2-4-6-15/h2-6,9-11H,7-8,12-13H2,1H3,(H,21,24). The van der Waals surface area contributed by atoms with Crippen LogP contribution in [0.25, 0.3) is 11.3 Å². The van der Waals surface area contributed by atoms with Gasteiger partial charge in [0, 0.05) is 36.5 Å². The molecule has 2 aromatic heterocycles. The van der Waals surface area contributed by atoms with E-state index in [1.807, 2.05) is 49.6 Å². The minimum absolute atomic E-state index is 0.130. The highest BCUT2D eigenvalue weighted by atomic mass is 16.5. The molecule has 1 aliphatic rings. The highest BCUT2D eigenvalue weighted by Gasteiger charge is 2.43. The molecular formula is C19H20N4O2. The van der Waals surface area contributed by atoms with Gasteiger partial charge in [0.15, 0.2) is 5.76 Å². The van der Waals surface area contributed by atoms with Crippen LogP contribution in [-0.2, 0) is 6.54 Å². The largest absolute Gasteiger partial charge is 0.355 e. The van der Waals surface area contributed by atoms with Crippen LogP contribution in [0.1, 0.15) is 29.0 Å². The van der Waals surface area contributed by atoms with E-state index in [-0.39, 0.29) is 11.3 Å². The summed E-state index contributed by atoms with van der Waals surface area (Å²) >= 11 is 0. The van der Waals surface area contributed by atoms with Gasteiger partial charge in [-0.1, -0.05) is 35.5 Å². The van der Waals surface area contributed by atoms with Crippen LogP contribution in [0.3, 0.4) is 0 Å². The van der Waals surface area contributed by atoms with Crippen LogP contribution in [0.2, 0.25) is 0 Å². The van der Waals surface area contributed by atoms with E-state index >= 15 is 0 Å². The fourth-order valence-electron chi connectivity index (χ4n) is 3.06. The summed E-state index contributed by atoms with van der Waals surface area (Å²) < 4.78 is 7.44. The maximum absolute atomic E-state index is 12.6. The van der Waals surface area contributed by atoms with Crippen molar-refractivity contribution in [3.63, 3.8) is 0 Å². The van der Waals surface area contributed by atoms with Gasteiger partial charge >= 0.3 is 0 Å². The number of benzene rings is 1. The quantitative estimate of drug-likeness (QED) is 0.751. The maximum atomic E-state index is 12.6. The average Bonchev–Trinajstić information content (AvgIpc) is 3.03. The molecule has 128 valence electrons. The number of nitrogens with one attached hydrogen (secondary N) is 1. The van der Waals surface area contributed by atoms with E-state index in [0.29, 0.717) is 17.9 Å². The second-order valence-corrected chi connectivity index (χ2v) is 6.72. The van der Waals surface area contributed by atoms with Crippen molar-refractivity contribution in [1.29, 1.82) is 0 Å². The van der Waals surface area contributed by atoms with Crippen molar-refractivity contribution in [2.24, 2.45) is 5.41 Å². The summed E-state index contributed by atoms with van der Waals surface area (Å²) in [6.07, 6.45) is 7.51. The first-order chi connectivity index (χ1) is 12.2. The van der Waals surface area contributed by atoms with Crippen molar-refractivity contribution in [3.05, 3.63) is 60.3 Å². The Labute approximate surface area is 145 Å². The third-order valence-electron chi connectivity index (χ3n) is 4.86. The summed E-state index contributed by atoms with van der Waals surface area (Å²) in [5, 5.41) is 6.86. The molecule has 1 aliphatic carbocycles. The Balaban J connectivity index is 1.44. The lowest BCUT2D eigenvalue weighted by atomic mass is 10.1. The number of aryl methyl sites for hydroxylation is 1. The molecule has 1 fully saturated rings. The lowest BCUT2D eigenvalue weighted by molar-refractivity contribution is 0.0943. The molecule has 25 heavy (non-hydrogen) atoms. The van der Waals surface area contributed by atoms with Crippen molar-refractivity contribution in [2.75, 3.05) is 6.54 Å². The molecule has 0 spiro atoms. The molecule has 0 unspecified atom stereocenters. The Morgan fingerprint density at radius 1 is 1.32 bits per heavy atom. The monoisotopic (exact) mass is 336 g/mol. The highest BCUT2D eigenvalue weighted by Crippen LogP contribution is 2.46. The number of rotatable bonds is 6. The molecule has 1 aromatic carbocycles. The zero-order valence-electron chi connectivity index (χ0n) is 14.1. The number of aromatic nitrogens is 3. The van der Waals surface area contributed by atoms with Gasteiger partial charge in [0.05, 0.1) is 6.20 Å². The Hall–Kier alpha value is -2.89. The zero-order valence-corrected chi connectivity index (χ0v) is 14.1. The minimum Gasteiger partial charge on any atom is -0.355 e. The van der Waals surface area contributed by atoms with Gasteiger partial charge in [-0.3, -0.25) is 4.79 Å². The number of hydrogen-bond acceptors (Lipinski definition) is 4. The smallest absolute Gasteiger partial charge is 0.256 e. The van der Waals surface area contributed by atoms with Crippen molar-refractivity contribution in [3.8, 4) is 11.3 Å². The summed E-state index contributed by atoms with van der Waals surface area (Å²) in [5.74, 6) is 1.37. The highest BCUT2D eigenvalue weighted by molar-refractivity contribution is 5.99. The van der Waals surface area contributed by atoms with Gasteiger partial charge in [0.25, 0.3) is 5.91 Å². The fourth-order valence-corrected chi connectivity index (χ4v) is 3.06. The molecule has 0 aliphatic heterocycles. The molecular weight excluding hydrogens is 316 g/mol. The summed E-state index contributed by atoms with van der Waals surface area (Å²) in [5.41, 5.74) is 1.45. The Bertz CT molecular complexity index is 878. The molecule has 0 saturated heterocycles. The van der Waals surface area contributed by atoms with Crippen LogP contribution < -0.4 is 5.32 Å². The fraction of sp³-hybridized carbons (Fsp3) is 0.316. The summed E-state index contributed by atoms with van der Waals surface area (Å²) in [7, 11) is 0. The molecule has 0 atom stereocenters. The predicted molar refractivity (Wildman–Crippen MR) is 92.9 cm³/mol. The minimum atomic E-state index is -0.145. The molecule has 4 rings (SSSR count). The second kappa shape index (κ2) is 6.20. The van der Waals surface area contributed by atoms with Crippen LogP contribution >= 0.6 is 0 Å². The van der Waals surface area contributed by atoms with Crippen molar-refractivity contribution < 1.29 is 9.32 Å². The van der Waals surface area contributed by atoms with E-state index in [1.165, 1.54) is 6.20 Å². The first-order valence-corrected chi connectivity index (χ1v) is 8.43. The molecule has 0 bridgehead atoms. The Morgan fingerprint density at radius 2 is 2.12 bits per heavy atom. The third kappa shape index (κ3) is 3.20. The van der Waals surface area contributed by atoms with Crippen LogP contribution in [0, 0.1) is 12.3 Å². The predicted octanol–water partition coefficient (Wildman–Crippen LogP) is 3.06. The number of imidazole rings is 1. The first kappa shape index (κ1) is 15.6. The van der Waals surface area contributed by atoms with Gasteiger partial charge in [-0.25, -0.2) is 4.98 Å². The van der Waals surface area contributed by atoms with E-state index in [2.05, 4.69) is 20.0 Å². The molecule has 2 heterocycles. The molecule has 3 aromatic rings. The number of carbonyl (C=O) groups is 1. The number of amides is 1. The number of nitrogens with zero attached hydrogens (tertiary/aromatic N) is 3. The van der Waals surface area contributed by atoms with Gasteiger partial charge in [0.1, 0.15) is 11.4 Å². The van der Waals surface area contributed by atoms with Crippen LogP contribution in [0.15, 0.2) is 53.4 Å². The van der Waals surface area contributed by atoms with Crippen LogP contribution in [0.4, 0.5) is 0 Å². The van der Waals surface area contributed by atoms with E-state index < -0.39 is 0 Å². The van der Waals surface area contributed by atoms with Crippen molar-refractivity contribution in [2.45, 2.75) is 26.3 Å². The SMILES string of the molecule is Cc1nccn1CC1(CNC(=O)c2cnoc2-c2ccccc2)CC1. The number of hydrogen-bond donors (Lipinski definition) is 1. The van der Waals surface area contributed by atoms with Gasteiger partial charge in [-0.15, -0.1) is 0 Å². The Morgan fingerprint density at radius 3 is 2.80 bits per heavy atom. The Kier molecular flexibility index (Phi) is 3.87. The number of carbonyl (C=O) groups excluding carboxylic acids is 1. The van der Waals surface area contributed by atoms with Crippen molar-refractivity contribution in [1.82, 2.24) is 20.0 Å². The summed E-state index contributed by atoms with van der Waals surface area (Å²) in [6.45, 7) is 3.52. The van der Waals surface area contributed by atoms with Gasteiger partial charge in [0.2, 0.25) is 0 Å². The van der Waals surface area contributed by atoms with Gasteiger partial charge in [-0.2, -0.15) is 0 Å². The van der Waals surface area contributed by atoms with Crippen LogP contribution in [0.5, 0.6) is 0 Å². The molecule has 1 amide bonds. The maximum Gasteiger partial charge on any atom is 0.256 e. The topological polar surface area (TPSA) is 73.0 Å². The lowest BCUT2D eigenvalue weighted by Gasteiger charge is -2.17. The van der Waals surface area contributed by atoms with Gasteiger partial charge in [-0.05, 0) is 19.8 Å². The van der Waals surface area contributed by atoms with E-state index in [4.69, 9.17) is 4.52 Å². The van der Waals surface area contributed by atoms with Gasteiger partial charge < -0.3 is 14.4 Å². The molecule has 6 nitrogen and oxygen atoms in total. The van der Waals surface area contributed by atoms with Crippen LogP contribution in [-0.4, -0.2) is 27.2 Å². The molecule has 0 radical (unpaired) electrons. The van der Waals surface area contributed by atoms with E-state index in [9.17, 15) is 4.79 Å². The molecule has 1 saturated carbocycles. The average molecular weight is 336 g/mol. The second-order valence-electron chi connectivity index (χ2n) is 6.72. The first-order valence-electron chi connectivity index (χ1n) is 8.43. The van der Waals surface area contributed by atoms with E-state index in [0.717, 1.165) is 30.8 Å². The molecule has 1 N–H and O–H groups in total. The van der Waals surface area contributed by atoms with Crippen molar-refractivity contribution >= 4 is 5.91 Å².